The van der Waals surface area contributed by atoms with Crippen LogP contribution in [0.3, 0.4) is 0 Å². The first kappa shape index (κ1) is 17.0. The lowest BCUT2D eigenvalue weighted by Gasteiger charge is -2.44. The van der Waals surface area contributed by atoms with E-state index in [1.54, 1.807) is 24.3 Å². The predicted molar refractivity (Wildman–Crippen MR) is 93.5 cm³/mol. The van der Waals surface area contributed by atoms with E-state index in [4.69, 9.17) is 9.47 Å². The van der Waals surface area contributed by atoms with E-state index in [0.717, 1.165) is 5.56 Å². The Bertz CT molecular complexity index is 794. The summed E-state index contributed by atoms with van der Waals surface area (Å²) < 4.78 is 12.1. The zero-order valence-corrected chi connectivity index (χ0v) is 14.4. The first-order chi connectivity index (χ1) is 12.5. The number of phenolic OH excluding ortho intramolecular Hbond substituents is 1. The highest BCUT2D eigenvalue weighted by Gasteiger charge is 2.60. The van der Waals surface area contributed by atoms with Gasteiger partial charge < -0.3 is 19.7 Å². The van der Waals surface area contributed by atoms with Crippen LogP contribution < -0.4 is 0 Å². The molecule has 4 rings (SSSR count). The van der Waals surface area contributed by atoms with Gasteiger partial charge in [-0.2, -0.15) is 0 Å². The van der Waals surface area contributed by atoms with E-state index in [1.165, 1.54) is 0 Å². The van der Waals surface area contributed by atoms with Gasteiger partial charge in [0.05, 0.1) is 6.04 Å². The number of phenols is 1. The fourth-order valence-electron chi connectivity index (χ4n) is 3.84. The van der Waals surface area contributed by atoms with Crippen LogP contribution in [0.15, 0.2) is 54.6 Å². The molecule has 2 saturated heterocycles. The van der Waals surface area contributed by atoms with E-state index in [9.17, 15) is 15.0 Å². The maximum atomic E-state index is 11.7. The summed E-state index contributed by atoms with van der Waals surface area (Å²) in [7, 11) is 0. The number of carbonyl (C=O) groups is 1. The topological polar surface area (TPSA) is 79.2 Å². The molecule has 0 aliphatic carbocycles. The standard InChI is InChI=1S/C20H21NO5/c1-13-20(15-7-9-16(22)10-8-15)25-17(18(26-20)19(23)24)12-21(13)11-14-5-3-2-4-6-14/h2-10,13,17-18,22H,11-12H2,1H3,(H,23,24). The number of carboxylic acids is 1. The molecule has 4 unspecified atom stereocenters. The van der Waals surface area contributed by atoms with Crippen molar-refractivity contribution in [3.05, 3.63) is 65.7 Å². The summed E-state index contributed by atoms with van der Waals surface area (Å²) >= 11 is 0. The first-order valence-corrected chi connectivity index (χ1v) is 8.65. The maximum absolute atomic E-state index is 11.7. The Balaban J connectivity index is 1.71. The fourth-order valence-corrected chi connectivity index (χ4v) is 3.84. The van der Waals surface area contributed by atoms with Crippen LogP contribution in [0.1, 0.15) is 18.1 Å². The van der Waals surface area contributed by atoms with Crippen molar-refractivity contribution in [3.63, 3.8) is 0 Å². The number of aliphatic carboxylic acids is 1. The van der Waals surface area contributed by atoms with Crippen molar-refractivity contribution in [3.8, 4) is 5.75 Å². The number of aromatic hydroxyl groups is 1. The number of hydrogen-bond acceptors (Lipinski definition) is 5. The van der Waals surface area contributed by atoms with Crippen LogP contribution in [-0.2, 0) is 26.6 Å². The Labute approximate surface area is 151 Å². The molecule has 2 aromatic carbocycles. The lowest BCUT2D eigenvalue weighted by atomic mass is 9.95. The molecule has 2 aliphatic heterocycles. The smallest absolute Gasteiger partial charge is 0.335 e. The average molecular weight is 355 g/mol. The van der Waals surface area contributed by atoms with Crippen molar-refractivity contribution in [2.45, 2.75) is 37.5 Å². The number of carboxylic acid groups (broad SMARTS) is 1. The largest absolute Gasteiger partial charge is 0.508 e. The monoisotopic (exact) mass is 355 g/mol. The molecule has 4 atom stereocenters. The molecule has 0 spiro atoms. The van der Waals surface area contributed by atoms with Crippen molar-refractivity contribution >= 4 is 5.97 Å². The Kier molecular flexibility index (Phi) is 4.19. The van der Waals surface area contributed by atoms with Gasteiger partial charge in [0, 0.05) is 18.7 Å². The minimum absolute atomic E-state index is 0.138. The SMILES string of the molecule is CC1N(Cc2ccccc2)CC2OC1(c1ccc(O)cc1)OC2C(=O)O. The molecule has 0 radical (unpaired) electrons. The second-order valence-electron chi connectivity index (χ2n) is 6.84. The van der Waals surface area contributed by atoms with Crippen molar-refractivity contribution in [2.24, 2.45) is 0 Å². The van der Waals surface area contributed by atoms with Gasteiger partial charge in [0.1, 0.15) is 11.9 Å². The summed E-state index contributed by atoms with van der Waals surface area (Å²) in [5, 5.41) is 19.2. The van der Waals surface area contributed by atoms with E-state index in [-0.39, 0.29) is 11.8 Å². The molecule has 2 heterocycles. The summed E-state index contributed by atoms with van der Waals surface area (Å²) in [6.07, 6.45) is -1.58. The van der Waals surface area contributed by atoms with Crippen LogP contribution in [0.5, 0.6) is 5.75 Å². The molecule has 0 amide bonds. The molecule has 2 bridgehead atoms. The third kappa shape index (κ3) is 2.76. The van der Waals surface area contributed by atoms with Gasteiger partial charge in [-0.3, -0.25) is 4.90 Å². The van der Waals surface area contributed by atoms with Gasteiger partial charge in [-0.15, -0.1) is 0 Å². The van der Waals surface area contributed by atoms with Gasteiger partial charge in [0.25, 0.3) is 0 Å². The number of hydrogen-bond donors (Lipinski definition) is 2. The Morgan fingerprint density at radius 3 is 2.50 bits per heavy atom. The highest BCUT2D eigenvalue weighted by molar-refractivity contribution is 5.73. The van der Waals surface area contributed by atoms with Crippen LogP contribution in [0.25, 0.3) is 0 Å². The molecule has 2 N–H and O–H groups in total. The summed E-state index contributed by atoms with van der Waals surface area (Å²) in [5.41, 5.74) is 1.85. The van der Waals surface area contributed by atoms with Crippen LogP contribution in [0.2, 0.25) is 0 Å². The third-order valence-corrected chi connectivity index (χ3v) is 5.22. The molecule has 2 fully saturated rings. The summed E-state index contributed by atoms with van der Waals surface area (Å²) in [5.74, 6) is -2.06. The third-order valence-electron chi connectivity index (χ3n) is 5.22. The molecule has 6 heteroatoms. The molecule has 6 nitrogen and oxygen atoms in total. The highest BCUT2D eigenvalue weighted by atomic mass is 16.8. The number of fused-ring (bicyclic) bond motifs is 2. The fraction of sp³-hybridized carbons (Fsp3) is 0.350. The number of ether oxygens (including phenoxy) is 2. The normalized spacial score (nSPS) is 31.0. The maximum Gasteiger partial charge on any atom is 0.335 e. The highest BCUT2D eigenvalue weighted by Crippen LogP contribution is 2.46. The van der Waals surface area contributed by atoms with E-state index in [0.29, 0.717) is 18.7 Å². The molecule has 136 valence electrons. The Morgan fingerprint density at radius 1 is 1.15 bits per heavy atom. The number of rotatable bonds is 4. The quantitative estimate of drug-likeness (QED) is 0.876. The van der Waals surface area contributed by atoms with Gasteiger partial charge in [0.15, 0.2) is 6.10 Å². The van der Waals surface area contributed by atoms with Crippen molar-refractivity contribution in [1.82, 2.24) is 4.90 Å². The minimum atomic E-state index is -1.17. The molecular weight excluding hydrogens is 334 g/mol. The van der Waals surface area contributed by atoms with E-state index in [1.807, 2.05) is 37.3 Å². The van der Waals surface area contributed by atoms with Crippen molar-refractivity contribution in [2.75, 3.05) is 6.54 Å². The van der Waals surface area contributed by atoms with Gasteiger partial charge in [0.2, 0.25) is 5.79 Å². The number of benzene rings is 2. The molecule has 2 aromatic rings. The Hall–Kier alpha value is -2.41. The van der Waals surface area contributed by atoms with Crippen LogP contribution >= 0.6 is 0 Å². The second-order valence-corrected chi connectivity index (χ2v) is 6.84. The summed E-state index contributed by atoms with van der Waals surface area (Å²) in [6.45, 7) is 3.14. The number of morpholine rings is 1. The lowest BCUT2D eigenvalue weighted by molar-refractivity contribution is -0.246. The summed E-state index contributed by atoms with van der Waals surface area (Å²) in [6, 6.07) is 16.4. The van der Waals surface area contributed by atoms with Gasteiger partial charge in [-0.25, -0.2) is 4.79 Å². The molecule has 0 aromatic heterocycles. The van der Waals surface area contributed by atoms with Crippen molar-refractivity contribution in [1.29, 1.82) is 0 Å². The number of nitrogens with zero attached hydrogens (tertiary/aromatic N) is 1. The Morgan fingerprint density at radius 2 is 1.85 bits per heavy atom. The first-order valence-electron chi connectivity index (χ1n) is 8.65. The molecule has 2 aliphatic rings. The predicted octanol–water partition coefficient (Wildman–Crippen LogP) is 2.32. The van der Waals surface area contributed by atoms with Gasteiger partial charge >= 0.3 is 5.97 Å². The van der Waals surface area contributed by atoms with Gasteiger partial charge in [-0.05, 0) is 36.8 Å². The molecule has 26 heavy (non-hydrogen) atoms. The van der Waals surface area contributed by atoms with Crippen LogP contribution in [0.4, 0.5) is 0 Å². The van der Waals surface area contributed by atoms with Crippen molar-refractivity contribution < 1.29 is 24.5 Å². The molecular formula is C20H21NO5. The van der Waals surface area contributed by atoms with E-state index in [2.05, 4.69) is 4.90 Å². The lowest BCUT2D eigenvalue weighted by Crippen LogP contribution is -2.55. The average Bonchev–Trinajstić information content (AvgIpc) is 2.98. The van der Waals surface area contributed by atoms with Gasteiger partial charge in [-0.1, -0.05) is 30.3 Å². The van der Waals surface area contributed by atoms with E-state index < -0.39 is 24.0 Å². The summed E-state index contributed by atoms with van der Waals surface area (Å²) in [4.78, 5) is 13.9. The van der Waals surface area contributed by atoms with Crippen LogP contribution in [0, 0.1) is 0 Å². The zero-order chi connectivity index (χ0) is 18.3. The van der Waals surface area contributed by atoms with Crippen LogP contribution in [-0.4, -0.2) is 45.9 Å². The second kappa shape index (κ2) is 6.39. The zero-order valence-electron chi connectivity index (χ0n) is 14.4. The minimum Gasteiger partial charge on any atom is -0.508 e. The van der Waals surface area contributed by atoms with E-state index >= 15 is 0 Å². The molecule has 0 saturated carbocycles.